The van der Waals surface area contributed by atoms with Gasteiger partial charge in [-0.05, 0) is 18.9 Å². The Labute approximate surface area is 128 Å². The van der Waals surface area contributed by atoms with Crippen molar-refractivity contribution in [2.75, 3.05) is 0 Å². The normalized spacial score (nSPS) is 11.3. The lowest BCUT2D eigenvalue weighted by Crippen LogP contribution is -1.83. The highest BCUT2D eigenvalue weighted by Gasteiger charge is 1.93. The molecule has 0 saturated carbocycles. The zero-order valence-corrected chi connectivity index (χ0v) is 13.9. The summed E-state index contributed by atoms with van der Waals surface area (Å²) in [7, 11) is 3.31. The van der Waals surface area contributed by atoms with E-state index in [1.54, 1.807) is 6.26 Å². The first-order valence-electron chi connectivity index (χ1n) is 8.97. The Kier molecular flexibility index (Phi) is 18.1. The van der Waals surface area contributed by atoms with Gasteiger partial charge in [-0.15, -0.1) is 0 Å². The molecule has 0 atom stereocenters. The largest absolute Gasteiger partial charge is 0.498 e. The van der Waals surface area contributed by atoms with E-state index in [1.165, 1.54) is 89.9 Å². The maximum Gasteiger partial charge on any atom is 0.121 e. The van der Waals surface area contributed by atoms with Gasteiger partial charge in [-0.1, -0.05) is 90.4 Å². The lowest BCUT2D eigenvalue weighted by molar-refractivity contribution is 0.391. The van der Waals surface area contributed by atoms with E-state index in [-0.39, 0.29) is 0 Å². The third-order valence-corrected chi connectivity index (χ3v) is 3.92. The van der Waals surface area contributed by atoms with Gasteiger partial charge >= 0.3 is 0 Å². The molecule has 0 N–H and O–H groups in total. The van der Waals surface area contributed by atoms with Crippen molar-refractivity contribution < 1.29 is 4.74 Å². The Morgan fingerprint density at radius 2 is 1.05 bits per heavy atom. The minimum Gasteiger partial charge on any atom is -0.498 e. The Bertz CT molecular complexity index is 186. The summed E-state index contributed by atoms with van der Waals surface area (Å²) in [5, 5.41) is 0. The molecule has 0 spiro atoms. The number of allylic oxidation sites excluding steroid dienone is 1. The van der Waals surface area contributed by atoms with Crippen LogP contribution in [0.3, 0.4) is 0 Å². The molecule has 0 fully saturated rings. The van der Waals surface area contributed by atoms with E-state index in [0.29, 0.717) is 0 Å². The van der Waals surface area contributed by atoms with Crippen LogP contribution >= 0.6 is 0 Å². The summed E-state index contributed by atoms with van der Waals surface area (Å²) in [6.45, 7) is 2.29. The van der Waals surface area contributed by atoms with Crippen LogP contribution in [0.15, 0.2) is 12.3 Å². The molecule has 1 nitrogen and oxygen atoms in total. The Balaban J connectivity index is 2.94. The first-order chi connectivity index (χ1) is 9.91. The fourth-order valence-corrected chi connectivity index (χ4v) is 2.59. The van der Waals surface area contributed by atoms with E-state index in [2.05, 4.69) is 24.8 Å². The Morgan fingerprint density at radius 1 is 0.650 bits per heavy atom. The molecule has 0 amide bonds. The van der Waals surface area contributed by atoms with Crippen LogP contribution in [0.1, 0.15) is 103 Å². The standard InChI is InChI=1S/C19H37O/c1-3-4-5-6-7-8-9-10-11-12-13-14-15-16-17-18-19-20-2/h18-19H,2-17H2,1H3/b19-18+. The van der Waals surface area contributed by atoms with Crippen LogP contribution in [0.5, 0.6) is 0 Å². The van der Waals surface area contributed by atoms with Crippen LogP contribution in [0.4, 0.5) is 0 Å². The van der Waals surface area contributed by atoms with Crippen molar-refractivity contribution in [3.8, 4) is 0 Å². The van der Waals surface area contributed by atoms with Crippen LogP contribution in [-0.4, -0.2) is 0 Å². The lowest BCUT2D eigenvalue weighted by atomic mass is 10.0. The molecule has 20 heavy (non-hydrogen) atoms. The molecular weight excluding hydrogens is 244 g/mol. The SMILES string of the molecule is [CH2]O/C=C/CCCCCCCCCCCCCCCC. The van der Waals surface area contributed by atoms with Crippen molar-refractivity contribution in [1.29, 1.82) is 0 Å². The fraction of sp³-hybridized carbons (Fsp3) is 0.842. The van der Waals surface area contributed by atoms with Gasteiger partial charge < -0.3 is 4.74 Å². The van der Waals surface area contributed by atoms with E-state index in [0.717, 1.165) is 6.42 Å². The van der Waals surface area contributed by atoms with Gasteiger partial charge in [0, 0.05) is 0 Å². The third kappa shape index (κ3) is 17.5. The summed E-state index contributed by atoms with van der Waals surface area (Å²) in [4.78, 5) is 0. The molecule has 0 heterocycles. The summed E-state index contributed by atoms with van der Waals surface area (Å²) in [5.41, 5.74) is 0. The molecule has 0 bridgehead atoms. The zero-order valence-electron chi connectivity index (χ0n) is 13.9. The molecule has 0 aliphatic heterocycles. The van der Waals surface area contributed by atoms with Gasteiger partial charge in [0.15, 0.2) is 0 Å². The first kappa shape index (κ1) is 19.5. The molecule has 0 aromatic heterocycles. The third-order valence-electron chi connectivity index (χ3n) is 3.92. The second kappa shape index (κ2) is 18.5. The molecule has 119 valence electrons. The lowest BCUT2D eigenvalue weighted by Gasteiger charge is -2.02. The molecule has 1 radical (unpaired) electrons. The molecule has 0 aromatic carbocycles. The van der Waals surface area contributed by atoms with Gasteiger partial charge in [-0.2, -0.15) is 0 Å². The quantitative estimate of drug-likeness (QED) is 0.215. The maximum absolute atomic E-state index is 4.63. The van der Waals surface area contributed by atoms with Crippen LogP contribution in [0.2, 0.25) is 0 Å². The summed E-state index contributed by atoms with van der Waals surface area (Å²) < 4.78 is 4.63. The molecule has 0 aromatic rings. The molecule has 0 unspecified atom stereocenters. The highest BCUT2D eigenvalue weighted by atomic mass is 16.5. The monoisotopic (exact) mass is 281 g/mol. The molecule has 1 heteroatoms. The van der Waals surface area contributed by atoms with Crippen molar-refractivity contribution in [1.82, 2.24) is 0 Å². The average molecular weight is 282 g/mol. The minimum atomic E-state index is 1.13. The van der Waals surface area contributed by atoms with Crippen molar-refractivity contribution in [2.24, 2.45) is 0 Å². The van der Waals surface area contributed by atoms with E-state index < -0.39 is 0 Å². The van der Waals surface area contributed by atoms with E-state index in [4.69, 9.17) is 0 Å². The Hall–Kier alpha value is -0.460. The van der Waals surface area contributed by atoms with Crippen molar-refractivity contribution in [2.45, 2.75) is 103 Å². The van der Waals surface area contributed by atoms with Crippen molar-refractivity contribution in [3.63, 3.8) is 0 Å². The topological polar surface area (TPSA) is 9.23 Å². The second-order valence-electron chi connectivity index (χ2n) is 5.92. The van der Waals surface area contributed by atoms with Gasteiger partial charge in [0.25, 0.3) is 0 Å². The van der Waals surface area contributed by atoms with Gasteiger partial charge in [0.1, 0.15) is 7.11 Å². The van der Waals surface area contributed by atoms with E-state index in [9.17, 15) is 0 Å². The number of rotatable bonds is 16. The average Bonchev–Trinajstić information content (AvgIpc) is 2.47. The summed E-state index contributed by atoms with van der Waals surface area (Å²) >= 11 is 0. The highest BCUT2D eigenvalue weighted by Crippen LogP contribution is 2.13. The van der Waals surface area contributed by atoms with Crippen LogP contribution < -0.4 is 0 Å². The van der Waals surface area contributed by atoms with Gasteiger partial charge in [0.05, 0.1) is 6.26 Å². The minimum absolute atomic E-state index is 1.13. The summed E-state index contributed by atoms with van der Waals surface area (Å²) in [6.07, 6.45) is 24.8. The summed E-state index contributed by atoms with van der Waals surface area (Å²) in [6, 6.07) is 0. The Morgan fingerprint density at radius 3 is 1.45 bits per heavy atom. The van der Waals surface area contributed by atoms with Gasteiger partial charge in [-0.25, -0.2) is 0 Å². The second-order valence-corrected chi connectivity index (χ2v) is 5.92. The molecular formula is C19H37O. The van der Waals surface area contributed by atoms with Crippen LogP contribution in [0, 0.1) is 7.11 Å². The van der Waals surface area contributed by atoms with Crippen molar-refractivity contribution in [3.05, 3.63) is 19.4 Å². The highest BCUT2D eigenvalue weighted by molar-refractivity contribution is 4.72. The number of hydrogen-bond donors (Lipinski definition) is 0. The predicted molar refractivity (Wildman–Crippen MR) is 90.5 cm³/mol. The van der Waals surface area contributed by atoms with Crippen LogP contribution in [-0.2, 0) is 4.74 Å². The zero-order chi connectivity index (χ0) is 14.7. The fourth-order valence-electron chi connectivity index (χ4n) is 2.59. The summed E-state index contributed by atoms with van der Waals surface area (Å²) in [5.74, 6) is 0. The first-order valence-corrected chi connectivity index (χ1v) is 8.97. The van der Waals surface area contributed by atoms with Gasteiger partial charge in [0.2, 0.25) is 0 Å². The molecule has 0 saturated heterocycles. The predicted octanol–water partition coefficient (Wildman–Crippen LogP) is 7.18. The smallest absolute Gasteiger partial charge is 0.121 e. The molecule has 0 rings (SSSR count). The molecule has 0 aliphatic rings. The van der Waals surface area contributed by atoms with E-state index in [1.807, 2.05) is 0 Å². The number of hydrogen-bond acceptors (Lipinski definition) is 1. The molecule has 0 aliphatic carbocycles. The van der Waals surface area contributed by atoms with Crippen LogP contribution in [0.25, 0.3) is 0 Å². The van der Waals surface area contributed by atoms with Gasteiger partial charge in [-0.3, -0.25) is 0 Å². The van der Waals surface area contributed by atoms with E-state index >= 15 is 0 Å². The number of unbranched alkanes of at least 4 members (excludes halogenated alkanes) is 14. The van der Waals surface area contributed by atoms with Crippen molar-refractivity contribution >= 4 is 0 Å². The number of ether oxygens (including phenoxy) is 1. The maximum atomic E-state index is 4.63.